The highest BCUT2D eigenvalue weighted by Crippen LogP contribution is 2.22. The molecule has 2 aromatic carbocycles. The molecule has 0 bridgehead atoms. The first-order chi connectivity index (χ1) is 11.6. The van der Waals surface area contributed by atoms with E-state index in [4.69, 9.17) is 4.74 Å². The van der Waals surface area contributed by atoms with Crippen LogP contribution in [-0.2, 0) is 4.79 Å². The third kappa shape index (κ3) is 5.95. The van der Waals surface area contributed by atoms with Crippen molar-refractivity contribution in [2.45, 2.75) is 46.1 Å². The molecule has 24 heavy (non-hydrogen) atoms. The normalized spacial score (nSPS) is 10.5. The van der Waals surface area contributed by atoms with Gasteiger partial charge in [-0.25, -0.2) is 0 Å². The third-order valence-corrected chi connectivity index (χ3v) is 3.44. The summed E-state index contributed by atoms with van der Waals surface area (Å²) >= 11 is 0. The summed E-state index contributed by atoms with van der Waals surface area (Å²) in [5.74, 6) is 0.930. The second-order valence-corrected chi connectivity index (χ2v) is 6.05. The lowest BCUT2D eigenvalue weighted by atomic mass is 10.2. The quantitative estimate of drug-likeness (QED) is 0.688. The van der Waals surface area contributed by atoms with E-state index in [9.17, 15) is 4.79 Å². The van der Waals surface area contributed by atoms with Gasteiger partial charge in [0.25, 0.3) is 0 Å². The van der Waals surface area contributed by atoms with Crippen LogP contribution in [0.4, 0.5) is 17.1 Å². The molecule has 0 atom stereocenters. The van der Waals surface area contributed by atoms with Gasteiger partial charge in [0.1, 0.15) is 5.75 Å². The van der Waals surface area contributed by atoms with Crippen molar-refractivity contribution in [3.8, 4) is 5.75 Å². The largest absolute Gasteiger partial charge is 0.491 e. The van der Waals surface area contributed by atoms with E-state index < -0.39 is 0 Å². The van der Waals surface area contributed by atoms with Crippen LogP contribution in [0, 0.1) is 0 Å². The predicted molar refractivity (Wildman–Crippen MR) is 100 cm³/mol. The molecule has 1 amide bonds. The van der Waals surface area contributed by atoms with Gasteiger partial charge in [0.05, 0.1) is 6.10 Å². The van der Waals surface area contributed by atoms with Gasteiger partial charge in [0, 0.05) is 23.5 Å². The number of carbonyl (C=O) groups excluding carboxylic acids is 1. The summed E-state index contributed by atoms with van der Waals surface area (Å²) in [4.78, 5) is 11.7. The zero-order chi connectivity index (χ0) is 17.4. The topological polar surface area (TPSA) is 50.4 Å². The van der Waals surface area contributed by atoms with E-state index in [1.165, 1.54) is 0 Å². The van der Waals surface area contributed by atoms with Crippen molar-refractivity contribution in [2.75, 3.05) is 10.6 Å². The van der Waals surface area contributed by atoms with Gasteiger partial charge >= 0.3 is 0 Å². The SMILES string of the molecule is CCCCC(=O)Nc1ccc(Nc2ccc(OC(C)C)cc2)cc1. The number of benzene rings is 2. The summed E-state index contributed by atoms with van der Waals surface area (Å²) in [7, 11) is 0. The first kappa shape index (κ1) is 17.9. The fraction of sp³-hybridized carbons (Fsp3) is 0.350. The second-order valence-electron chi connectivity index (χ2n) is 6.05. The van der Waals surface area contributed by atoms with E-state index in [0.29, 0.717) is 6.42 Å². The highest BCUT2D eigenvalue weighted by Gasteiger charge is 2.02. The molecule has 0 aliphatic heterocycles. The van der Waals surface area contributed by atoms with Crippen LogP contribution in [-0.4, -0.2) is 12.0 Å². The molecule has 0 radical (unpaired) electrons. The van der Waals surface area contributed by atoms with E-state index in [1.807, 2.05) is 62.4 Å². The van der Waals surface area contributed by atoms with Crippen LogP contribution in [0.1, 0.15) is 40.0 Å². The van der Waals surface area contributed by atoms with Gasteiger partial charge in [-0.15, -0.1) is 0 Å². The number of unbranched alkanes of at least 4 members (excludes halogenated alkanes) is 1. The van der Waals surface area contributed by atoms with Crippen molar-refractivity contribution < 1.29 is 9.53 Å². The summed E-state index contributed by atoms with van der Waals surface area (Å²) in [5, 5.41) is 6.24. The standard InChI is InChI=1S/C20H26N2O2/c1-4-5-6-20(23)22-18-9-7-16(8-10-18)21-17-11-13-19(14-12-17)24-15(2)3/h7-15,21H,4-6H2,1-3H3,(H,22,23). The molecule has 0 saturated heterocycles. The van der Waals surface area contributed by atoms with Crippen LogP contribution >= 0.6 is 0 Å². The number of hydrogen-bond donors (Lipinski definition) is 2. The van der Waals surface area contributed by atoms with Crippen molar-refractivity contribution in [2.24, 2.45) is 0 Å². The monoisotopic (exact) mass is 326 g/mol. The van der Waals surface area contributed by atoms with Gasteiger partial charge in [-0.1, -0.05) is 13.3 Å². The summed E-state index contributed by atoms with van der Waals surface area (Å²) in [6, 6.07) is 15.6. The molecule has 0 aliphatic carbocycles. The molecule has 0 aromatic heterocycles. The molecule has 0 spiro atoms. The van der Waals surface area contributed by atoms with Crippen LogP contribution < -0.4 is 15.4 Å². The lowest BCUT2D eigenvalue weighted by Gasteiger charge is -2.11. The van der Waals surface area contributed by atoms with Crippen molar-refractivity contribution in [3.63, 3.8) is 0 Å². The Labute approximate surface area is 144 Å². The van der Waals surface area contributed by atoms with Crippen LogP contribution in [0.25, 0.3) is 0 Å². The Morgan fingerprint density at radius 1 is 0.958 bits per heavy atom. The van der Waals surface area contributed by atoms with Crippen molar-refractivity contribution in [1.29, 1.82) is 0 Å². The van der Waals surface area contributed by atoms with E-state index in [2.05, 4.69) is 17.6 Å². The first-order valence-electron chi connectivity index (χ1n) is 8.50. The Morgan fingerprint density at radius 2 is 1.50 bits per heavy atom. The second kappa shape index (κ2) is 8.96. The van der Waals surface area contributed by atoms with Gasteiger partial charge in [-0.05, 0) is 68.8 Å². The number of nitrogens with one attached hydrogen (secondary N) is 2. The van der Waals surface area contributed by atoms with Gasteiger partial charge in [0.15, 0.2) is 0 Å². The molecule has 2 aromatic rings. The van der Waals surface area contributed by atoms with Gasteiger partial charge in [-0.3, -0.25) is 4.79 Å². The Morgan fingerprint density at radius 3 is 2.04 bits per heavy atom. The van der Waals surface area contributed by atoms with E-state index in [-0.39, 0.29) is 12.0 Å². The van der Waals surface area contributed by atoms with Crippen molar-refractivity contribution in [3.05, 3.63) is 48.5 Å². The molecule has 4 heteroatoms. The first-order valence-corrected chi connectivity index (χ1v) is 8.50. The Hall–Kier alpha value is -2.49. The van der Waals surface area contributed by atoms with Crippen LogP contribution in [0.2, 0.25) is 0 Å². The zero-order valence-corrected chi connectivity index (χ0v) is 14.6. The summed E-state index contributed by atoms with van der Waals surface area (Å²) in [6.07, 6.45) is 2.68. The minimum Gasteiger partial charge on any atom is -0.491 e. The predicted octanol–water partition coefficient (Wildman–Crippen LogP) is 5.35. The maximum atomic E-state index is 11.7. The Bertz CT molecular complexity index is 634. The summed E-state index contributed by atoms with van der Waals surface area (Å²) in [6.45, 7) is 6.10. The van der Waals surface area contributed by atoms with E-state index >= 15 is 0 Å². The lowest BCUT2D eigenvalue weighted by Crippen LogP contribution is -2.10. The lowest BCUT2D eigenvalue weighted by molar-refractivity contribution is -0.116. The molecule has 0 unspecified atom stereocenters. The minimum absolute atomic E-state index is 0.0679. The van der Waals surface area contributed by atoms with Gasteiger partial charge < -0.3 is 15.4 Å². The van der Waals surface area contributed by atoms with Crippen LogP contribution in [0.15, 0.2) is 48.5 Å². The number of carbonyl (C=O) groups is 1. The Kier molecular flexibility index (Phi) is 6.67. The fourth-order valence-corrected chi connectivity index (χ4v) is 2.25. The van der Waals surface area contributed by atoms with E-state index in [0.717, 1.165) is 35.7 Å². The molecule has 0 saturated carbocycles. The Balaban J connectivity index is 1.90. The average molecular weight is 326 g/mol. The molecular weight excluding hydrogens is 300 g/mol. The smallest absolute Gasteiger partial charge is 0.224 e. The number of hydrogen-bond acceptors (Lipinski definition) is 3. The van der Waals surface area contributed by atoms with Gasteiger partial charge in [-0.2, -0.15) is 0 Å². The molecule has 0 fully saturated rings. The number of rotatable bonds is 8. The molecule has 4 nitrogen and oxygen atoms in total. The molecule has 0 heterocycles. The van der Waals surface area contributed by atoms with Crippen LogP contribution in [0.5, 0.6) is 5.75 Å². The summed E-state index contributed by atoms with van der Waals surface area (Å²) < 4.78 is 5.63. The molecule has 2 rings (SSSR count). The minimum atomic E-state index is 0.0679. The maximum absolute atomic E-state index is 11.7. The van der Waals surface area contributed by atoms with Gasteiger partial charge in [0.2, 0.25) is 5.91 Å². The highest BCUT2D eigenvalue weighted by molar-refractivity contribution is 5.90. The maximum Gasteiger partial charge on any atom is 0.224 e. The molecular formula is C20H26N2O2. The fourth-order valence-electron chi connectivity index (χ4n) is 2.25. The number of anilines is 3. The zero-order valence-electron chi connectivity index (χ0n) is 14.6. The number of ether oxygens (including phenoxy) is 1. The summed E-state index contributed by atoms with van der Waals surface area (Å²) in [5.41, 5.74) is 2.78. The van der Waals surface area contributed by atoms with E-state index in [1.54, 1.807) is 0 Å². The van der Waals surface area contributed by atoms with Crippen molar-refractivity contribution >= 4 is 23.0 Å². The number of amides is 1. The molecule has 128 valence electrons. The molecule has 0 aliphatic rings. The molecule has 2 N–H and O–H groups in total. The average Bonchev–Trinajstić information content (AvgIpc) is 2.56. The van der Waals surface area contributed by atoms with Crippen molar-refractivity contribution in [1.82, 2.24) is 0 Å². The van der Waals surface area contributed by atoms with Crippen LogP contribution in [0.3, 0.4) is 0 Å². The third-order valence-electron chi connectivity index (χ3n) is 3.44. The highest BCUT2D eigenvalue weighted by atomic mass is 16.5.